The molecule has 0 saturated carbocycles. The zero-order valence-corrected chi connectivity index (χ0v) is 13.7. The van der Waals surface area contributed by atoms with Crippen LogP contribution >= 0.6 is 11.3 Å². The summed E-state index contributed by atoms with van der Waals surface area (Å²) in [7, 11) is 0. The maximum Gasteiger partial charge on any atom is 0.273 e. The minimum Gasteiger partial charge on any atom is -0.340 e. The zero-order chi connectivity index (χ0) is 15.7. The molecule has 2 aromatic heterocycles. The highest BCUT2D eigenvalue weighted by Gasteiger charge is 2.43. The van der Waals surface area contributed by atoms with E-state index in [1.54, 1.807) is 17.9 Å². The van der Waals surface area contributed by atoms with Gasteiger partial charge < -0.3 is 9.80 Å². The van der Waals surface area contributed by atoms with E-state index in [-0.39, 0.29) is 11.3 Å². The van der Waals surface area contributed by atoms with Gasteiger partial charge in [0.2, 0.25) is 5.95 Å². The van der Waals surface area contributed by atoms with E-state index in [0.717, 1.165) is 51.4 Å². The molecule has 4 heterocycles. The number of rotatable bonds is 2. The Morgan fingerprint density at radius 3 is 2.78 bits per heavy atom. The van der Waals surface area contributed by atoms with Gasteiger partial charge >= 0.3 is 0 Å². The van der Waals surface area contributed by atoms with Gasteiger partial charge in [0.15, 0.2) is 0 Å². The van der Waals surface area contributed by atoms with E-state index in [1.807, 2.05) is 16.3 Å². The standard InChI is InChI=1S/C16H19N5OS/c22-14(13-9-23-12-19-13)20-7-1-3-16(10-20)4-8-21(11-16)15-17-5-2-6-18-15/h2,5-6,9,12H,1,3-4,7-8,10-11H2. The highest BCUT2D eigenvalue weighted by Crippen LogP contribution is 2.40. The first kappa shape index (κ1) is 14.6. The molecule has 1 atom stereocenters. The third kappa shape index (κ3) is 2.81. The molecule has 1 unspecified atom stereocenters. The van der Waals surface area contributed by atoms with Gasteiger partial charge in [0.25, 0.3) is 5.91 Å². The summed E-state index contributed by atoms with van der Waals surface area (Å²) in [6.07, 6.45) is 6.88. The summed E-state index contributed by atoms with van der Waals surface area (Å²) in [6.45, 7) is 3.53. The van der Waals surface area contributed by atoms with Crippen molar-refractivity contribution in [3.8, 4) is 0 Å². The number of thiazole rings is 1. The molecule has 0 bridgehead atoms. The molecule has 2 aromatic rings. The van der Waals surface area contributed by atoms with Crippen LogP contribution in [0.2, 0.25) is 0 Å². The normalized spacial score (nSPS) is 24.3. The maximum atomic E-state index is 12.6. The fourth-order valence-corrected chi connectivity index (χ4v) is 4.28. The van der Waals surface area contributed by atoms with Crippen molar-refractivity contribution in [2.45, 2.75) is 19.3 Å². The van der Waals surface area contributed by atoms with Crippen molar-refractivity contribution >= 4 is 23.2 Å². The third-order valence-corrected chi connectivity index (χ3v) is 5.46. The fourth-order valence-electron chi connectivity index (χ4n) is 3.75. The molecule has 0 aromatic carbocycles. The Bertz CT molecular complexity index is 677. The lowest BCUT2D eigenvalue weighted by molar-refractivity contribution is 0.0551. The Labute approximate surface area is 139 Å². The van der Waals surface area contributed by atoms with Crippen LogP contribution in [0.15, 0.2) is 29.4 Å². The summed E-state index contributed by atoms with van der Waals surface area (Å²) in [5.74, 6) is 0.868. The number of nitrogens with zero attached hydrogens (tertiary/aromatic N) is 5. The number of piperidine rings is 1. The number of anilines is 1. The molecule has 0 radical (unpaired) electrons. The number of carbonyl (C=O) groups is 1. The summed E-state index contributed by atoms with van der Waals surface area (Å²) in [4.78, 5) is 29.7. The molecule has 2 fully saturated rings. The smallest absolute Gasteiger partial charge is 0.273 e. The zero-order valence-electron chi connectivity index (χ0n) is 12.9. The maximum absolute atomic E-state index is 12.6. The number of carbonyl (C=O) groups excluding carboxylic acids is 1. The number of amides is 1. The average Bonchev–Trinajstić information content (AvgIpc) is 3.26. The van der Waals surface area contributed by atoms with Gasteiger partial charge in [-0.15, -0.1) is 11.3 Å². The molecule has 0 N–H and O–H groups in total. The Balaban J connectivity index is 1.48. The van der Waals surface area contributed by atoms with Gasteiger partial charge in [-0.1, -0.05) is 0 Å². The predicted octanol–water partition coefficient (Wildman–Crippen LogP) is 2.07. The Kier molecular flexibility index (Phi) is 3.72. The van der Waals surface area contributed by atoms with Crippen molar-refractivity contribution in [2.75, 3.05) is 31.1 Å². The van der Waals surface area contributed by atoms with Crippen LogP contribution in [0.4, 0.5) is 5.95 Å². The third-order valence-electron chi connectivity index (χ3n) is 4.87. The molecular weight excluding hydrogens is 310 g/mol. The molecule has 6 nitrogen and oxygen atoms in total. The molecule has 2 saturated heterocycles. The van der Waals surface area contributed by atoms with Crippen LogP contribution in [-0.4, -0.2) is 51.9 Å². The predicted molar refractivity (Wildman–Crippen MR) is 88.5 cm³/mol. The van der Waals surface area contributed by atoms with E-state index in [1.165, 1.54) is 11.3 Å². The summed E-state index contributed by atoms with van der Waals surface area (Å²) in [6, 6.07) is 1.84. The number of hydrogen-bond acceptors (Lipinski definition) is 6. The van der Waals surface area contributed by atoms with Crippen molar-refractivity contribution in [3.63, 3.8) is 0 Å². The first-order chi connectivity index (χ1) is 11.3. The summed E-state index contributed by atoms with van der Waals surface area (Å²) >= 11 is 1.47. The second-order valence-corrected chi connectivity index (χ2v) is 7.14. The van der Waals surface area contributed by atoms with Gasteiger partial charge in [0, 0.05) is 49.4 Å². The Morgan fingerprint density at radius 2 is 2.00 bits per heavy atom. The summed E-state index contributed by atoms with van der Waals surface area (Å²) < 4.78 is 0. The highest BCUT2D eigenvalue weighted by molar-refractivity contribution is 7.07. The van der Waals surface area contributed by atoms with Gasteiger partial charge in [-0.2, -0.15) is 0 Å². The van der Waals surface area contributed by atoms with E-state index in [0.29, 0.717) is 5.69 Å². The van der Waals surface area contributed by atoms with Crippen molar-refractivity contribution in [1.29, 1.82) is 0 Å². The SMILES string of the molecule is O=C(c1cscn1)N1CCCC2(CCN(c3ncccn3)C2)C1. The molecule has 4 rings (SSSR count). The van der Waals surface area contributed by atoms with Crippen molar-refractivity contribution in [3.05, 3.63) is 35.0 Å². The number of likely N-dealkylation sites (tertiary alicyclic amines) is 1. The van der Waals surface area contributed by atoms with Gasteiger partial charge in [0.1, 0.15) is 5.69 Å². The molecule has 2 aliphatic heterocycles. The molecule has 1 spiro atoms. The van der Waals surface area contributed by atoms with Crippen LogP contribution in [0.25, 0.3) is 0 Å². The molecule has 120 valence electrons. The van der Waals surface area contributed by atoms with Gasteiger partial charge in [-0.05, 0) is 25.3 Å². The lowest BCUT2D eigenvalue weighted by Gasteiger charge is -2.40. The average molecular weight is 329 g/mol. The molecular formula is C16H19N5OS. The Hall–Kier alpha value is -2.02. The second kappa shape index (κ2) is 5.88. The van der Waals surface area contributed by atoms with Gasteiger partial charge in [-0.25, -0.2) is 15.0 Å². The van der Waals surface area contributed by atoms with Crippen LogP contribution in [-0.2, 0) is 0 Å². The highest BCUT2D eigenvalue weighted by atomic mass is 32.1. The molecule has 1 amide bonds. The van der Waals surface area contributed by atoms with Crippen molar-refractivity contribution in [2.24, 2.45) is 5.41 Å². The monoisotopic (exact) mass is 329 g/mol. The second-order valence-electron chi connectivity index (χ2n) is 6.42. The van der Waals surface area contributed by atoms with E-state index < -0.39 is 0 Å². The summed E-state index contributed by atoms with van der Waals surface area (Å²) in [5, 5.41) is 1.84. The fraction of sp³-hybridized carbons (Fsp3) is 0.500. The number of aromatic nitrogens is 3. The van der Waals surface area contributed by atoms with Crippen molar-refractivity contribution < 1.29 is 4.79 Å². The lowest BCUT2D eigenvalue weighted by atomic mass is 9.79. The van der Waals surface area contributed by atoms with Crippen LogP contribution in [0, 0.1) is 5.41 Å². The van der Waals surface area contributed by atoms with Crippen molar-refractivity contribution in [1.82, 2.24) is 19.9 Å². The number of hydrogen-bond donors (Lipinski definition) is 0. The Morgan fingerprint density at radius 1 is 1.13 bits per heavy atom. The van der Waals surface area contributed by atoms with Crippen LogP contribution in [0.5, 0.6) is 0 Å². The van der Waals surface area contributed by atoms with Crippen LogP contribution < -0.4 is 4.90 Å². The molecule has 0 aliphatic carbocycles. The molecule has 23 heavy (non-hydrogen) atoms. The van der Waals surface area contributed by atoms with Gasteiger partial charge in [0.05, 0.1) is 5.51 Å². The molecule has 2 aliphatic rings. The topological polar surface area (TPSA) is 62.2 Å². The summed E-state index contributed by atoms with van der Waals surface area (Å²) in [5.41, 5.74) is 2.47. The molecule has 7 heteroatoms. The quantitative estimate of drug-likeness (QED) is 0.844. The van der Waals surface area contributed by atoms with Crippen LogP contribution in [0.3, 0.4) is 0 Å². The first-order valence-electron chi connectivity index (χ1n) is 7.95. The lowest BCUT2D eigenvalue weighted by Crippen LogP contribution is -2.47. The van der Waals surface area contributed by atoms with Crippen LogP contribution in [0.1, 0.15) is 29.8 Å². The largest absolute Gasteiger partial charge is 0.340 e. The minimum atomic E-state index is 0.0692. The van der Waals surface area contributed by atoms with Gasteiger partial charge in [-0.3, -0.25) is 4.79 Å². The van der Waals surface area contributed by atoms with E-state index in [9.17, 15) is 4.79 Å². The van der Waals surface area contributed by atoms with E-state index in [4.69, 9.17) is 0 Å². The van der Waals surface area contributed by atoms with E-state index in [2.05, 4.69) is 19.9 Å². The van der Waals surface area contributed by atoms with E-state index >= 15 is 0 Å². The first-order valence-corrected chi connectivity index (χ1v) is 8.90. The minimum absolute atomic E-state index is 0.0692.